The summed E-state index contributed by atoms with van der Waals surface area (Å²) < 4.78 is 26.4. The number of aliphatic hydroxyl groups is 2. The number of nitrogens with one attached hydrogen (secondary N) is 1. The topological polar surface area (TPSA) is 140 Å². The van der Waals surface area contributed by atoms with E-state index in [1.165, 1.54) is 6.08 Å². The van der Waals surface area contributed by atoms with Crippen LogP contribution < -0.4 is 0 Å². The number of benzene rings is 1. The van der Waals surface area contributed by atoms with Gasteiger partial charge in [-0.05, 0) is 86.8 Å². The smallest absolute Gasteiger partial charge is 0.194 e. The van der Waals surface area contributed by atoms with Crippen LogP contribution in [-0.4, -0.2) is 81.0 Å². The molecule has 0 radical (unpaired) electrons. The van der Waals surface area contributed by atoms with E-state index in [-0.39, 0.29) is 23.8 Å². The minimum absolute atomic E-state index is 0.175. The van der Waals surface area contributed by atoms with Gasteiger partial charge in [-0.3, -0.25) is 14.6 Å². The van der Waals surface area contributed by atoms with Crippen molar-refractivity contribution in [2.75, 3.05) is 6.61 Å². The van der Waals surface area contributed by atoms with Crippen LogP contribution in [0.2, 0.25) is 0 Å². The van der Waals surface area contributed by atoms with Gasteiger partial charge >= 0.3 is 0 Å². The minimum Gasteiger partial charge on any atom is -0.389 e. The molecule has 8 unspecified atom stereocenters. The van der Waals surface area contributed by atoms with E-state index in [1.54, 1.807) is 33.0 Å². The van der Waals surface area contributed by atoms with Crippen molar-refractivity contribution in [1.29, 1.82) is 0 Å². The molecule has 10 heteroatoms. The fraction of sp³-hybridized carbons (Fsp3) is 0.500. The van der Waals surface area contributed by atoms with Crippen molar-refractivity contribution in [3.05, 3.63) is 77.2 Å². The van der Waals surface area contributed by atoms with Gasteiger partial charge in [-0.2, -0.15) is 0 Å². The Balaban J connectivity index is 1.28. The lowest BCUT2D eigenvalue weighted by Crippen LogP contribution is -2.65. The number of ketones is 2. The first-order valence-corrected chi connectivity index (χ1v) is 19.8. The number of allylic oxidation sites excluding steroid dienone is 4. The summed E-state index contributed by atoms with van der Waals surface area (Å²) in [5, 5.41) is 26.3. The molecule has 3 N–H and O–H groups in total. The lowest BCUT2D eigenvalue weighted by Gasteiger charge is -2.50. The number of ether oxygens (including phenoxy) is 4. The first kappa shape index (κ1) is 39.8. The lowest BCUT2D eigenvalue weighted by molar-refractivity contribution is -0.339. The Morgan fingerprint density at radius 3 is 2.66 bits per heavy atom. The third kappa shape index (κ3) is 7.20. The molecule has 2 fully saturated rings. The van der Waals surface area contributed by atoms with Gasteiger partial charge in [0.05, 0.1) is 30.1 Å². The van der Waals surface area contributed by atoms with E-state index in [0.29, 0.717) is 53.5 Å². The zero-order chi connectivity index (χ0) is 39.9. The molecule has 0 saturated carbocycles. The highest BCUT2D eigenvalue weighted by Crippen LogP contribution is 2.45. The monoisotopic (exact) mass is 760 g/mol. The van der Waals surface area contributed by atoms with Crippen LogP contribution in [0.3, 0.4) is 0 Å². The number of carbonyl (C=O) groups is 2. The van der Waals surface area contributed by atoms with E-state index in [9.17, 15) is 19.8 Å². The maximum Gasteiger partial charge on any atom is 0.194 e. The average molecular weight is 761 g/mol. The molecule has 1 aromatic carbocycles. The van der Waals surface area contributed by atoms with Crippen molar-refractivity contribution in [3.63, 3.8) is 0 Å². The summed E-state index contributed by atoms with van der Waals surface area (Å²) in [5.74, 6) is 12.2. The summed E-state index contributed by atoms with van der Waals surface area (Å²) in [7, 11) is 0. The molecule has 4 aliphatic rings. The number of hydrogen-bond acceptors (Lipinski definition) is 9. The quantitative estimate of drug-likeness (QED) is 0.160. The number of carbonyl (C=O) groups excluding carboxylic acids is 2. The van der Waals surface area contributed by atoms with Crippen LogP contribution in [0.25, 0.3) is 21.8 Å². The molecular formula is C46H52N2O8. The maximum absolute atomic E-state index is 14.9. The summed E-state index contributed by atoms with van der Waals surface area (Å²) >= 11 is 0. The van der Waals surface area contributed by atoms with E-state index in [2.05, 4.69) is 54.4 Å². The van der Waals surface area contributed by atoms with Crippen molar-refractivity contribution in [1.82, 2.24) is 9.97 Å². The number of rotatable bonds is 9. The molecule has 2 aliphatic heterocycles. The van der Waals surface area contributed by atoms with Gasteiger partial charge in [-0.15, -0.1) is 0 Å². The van der Waals surface area contributed by atoms with E-state index >= 15 is 0 Å². The lowest BCUT2D eigenvalue weighted by atomic mass is 9.70. The molecule has 2 aromatic heterocycles. The molecule has 4 heterocycles. The third-order valence-corrected chi connectivity index (χ3v) is 12.1. The Kier molecular flexibility index (Phi) is 11.3. The number of aliphatic hydroxyl groups excluding tert-OH is 1. The standard InChI is InChI=1S/C46H52N2O8/c1-8-15-33-38-28(5)35(49)24-46(33,52)20-14-10-9-11-18-36(38)55-44-41(56-37-23-27(4)30(25-53-37)22-26(2)3)43(51)45(7,29(6)54-44)42(50)40-39-32(19-21-47-40)31-16-12-13-17-34(31)48-39/h9-10,12-13,15-17,19,21,26-27,29-30,36-37,41,43-44,48,51-52H,8,22-25H2,1-7H3/b10-9-,33-15+/t27?,29?,30?,36-,37?,41?,43?,44?,45?,46-/m0/s1. The van der Waals surface area contributed by atoms with Gasteiger partial charge in [0.1, 0.15) is 24.0 Å². The molecule has 2 saturated heterocycles. The summed E-state index contributed by atoms with van der Waals surface area (Å²) in [4.78, 5) is 36.3. The molecule has 0 amide bonds. The normalized spacial score (nSPS) is 34.6. The van der Waals surface area contributed by atoms with Gasteiger partial charge < -0.3 is 34.1 Å². The van der Waals surface area contributed by atoms with E-state index in [0.717, 1.165) is 22.7 Å². The predicted octanol–water partition coefficient (Wildman–Crippen LogP) is 6.76. The number of hydrogen-bond donors (Lipinski definition) is 3. The highest BCUT2D eigenvalue weighted by molar-refractivity contribution is 6.15. The third-order valence-electron chi connectivity index (χ3n) is 12.1. The van der Waals surface area contributed by atoms with Crippen LogP contribution in [0.4, 0.5) is 0 Å². The largest absolute Gasteiger partial charge is 0.389 e. The molecule has 2 aliphatic carbocycles. The molecule has 0 spiro atoms. The molecule has 294 valence electrons. The SMILES string of the molecule is CC/C=C1\C2=C(C)C(=O)C[C@@]1(O)C#C/C=C\C#C[C@@H]2OC1OC(C)C(C)(C(=O)c2nccc3c2[nH]c2ccccc23)C(O)C1OC1CC(C)C(CC(C)C)CO1. The molecule has 3 aromatic rings. The van der Waals surface area contributed by atoms with E-state index in [4.69, 9.17) is 18.9 Å². The summed E-state index contributed by atoms with van der Waals surface area (Å²) in [5.41, 5.74) is -0.495. The zero-order valence-corrected chi connectivity index (χ0v) is 33.2. The first-order chi connectivity index (χ1) is 26.8. The molecule has 10 nitrogen and oxygen atoms in total. The number of nitrogens with zero attached hydrogens (tertiary/aromatic N) is 1. The van der Waals surface area contributed by atoms with Crippen molar-refractivity contribution in [2.45, 2.75) is 117 Å². The number of aromatic amines is 1. The number of pyridine rings is 1. The Bertz CT molecular complexity index is 2250. The number of H-pyrrole nitrogens is 1. The summed E-state index contributed by atoms with van der Waals surface area (Å²) in [6.07, 6.45) is 1.70. The minimum atomic E-state index is -1.76. The molecule has 56 heavy (non-hydrogen) atoms. The second-order valence-electron chi connectivity index (χ2n) is 16.4. The molecular weight excluding hydrogens is 709 g/mol. The van der Waals surface area contributed by atoms with Crippen molar-refractivity contribution < 1.29 is 38.7 Å². The van der Waals surface area contributed by atoms with Crippen LogP contribution in [0.1, 0.15) is 84.6 Å². The number of Topliss-reactive ketones (excluding diaryl/α,β-unsaturated/α-hetero) is 2. The Hall–Kier alpha value is -4.39. The molecule has 7 rings (SSSR count). The van der Waals surface area contributed by atoms with Crippen molar-refractivity contribution >= 4 is 33.4 Å². The van der Waals surface area contributed by atoms with Gasteiger partial charge in [0.2, 0.25) is 0 Å². The van der Waals surface area contributed by atoms with Crippen LogP contribution >= 0.6 is 0 Å². The average Bonchev–Trinajstić information content (AvgIpc) is 3.55. The van der Waals surface area contributed by atoms with Crippen molar-refractivity contribution in [3.8, 4) is 23.7 Å². The first-order valence-electron chi connectivity index (χ1n) is 19.8. The van der Waals surface area contributed by atoms with Crippen LogP contribution in [0.15, 0.2) is 71.5 Å². The van der Waals surface area contributed by atoms with Crippen LogP contribution in [-0.2, 0) is 23.7 Å². The fourth-order valence-corrected chi connectivity index (χ4v) is 8.70. The number of fused-ring (bicyclic) bond motifs is 5. The predicted molar refractivity (Wildman–Crippen MR) is 213 cm³/mol. The fourth-order valence-electron chi connectivity index (χ4n) is 8.70. The Morgan fingerprint density at radius 1 is 1.14 bits per heavy atom. The summed E-state index contributed by atoms with van der Waals surface area (Å²) in [6, 6.07) is 9.66. The maximum atomic E-state index is 14.9. The summed E-state index contributed by atoms with van der Waals surface area (Å²) in [6.45, 7) is 14.1. The van der Waals surface area contributed by atoms with Gasteiger partial charge in [-0.25, -0.2) is 0 Å². The van der Waals surface area contributed by atoms with Crippen LogP contribution in [0.5, 0.6) is 0 Å². The molecule has 2 bridgehead atoms. The highest BCUT2D eigenvalue weighted by atomic mass is 16.7. The van der Waals surface area contributed by atoms with Gasteiger partial charge in [-0.1, -0.05) is 75.7 Å². The molecule has 10 atom stereocenters. The van der Waals surface area contributed by atoms with Crippen LogP contribution in [0, 0.1) is 46.9 Å². The highest BCUT2D eigenvalue weighted by Gasteiger charge is 2.59. The Morgan fingerprint density at radius 2 is 1.91 bits per heavy atom. The number of para-hydroxylation sites is 1. The number of aromatic nitrogens is 2. The van der Waals surface area contributed by atoms with Gasteiger partial charge in [0.15, 0.2) is 29.7 Å². The second kappa shape index (κ2) is 15.9. The van der Waals surface area contributed by atoms with E-state index in [1.807, 2.05) is 43.3 Å². The van der Waals surface area contributed by atoms with Gasteiger partial charge in [0.25, 0.3) is 0 Å². The zero-order valence-electron chi connectivity index (χ0n) is 33.2. The second-order valence-corrected chi connectivity index (χ2v) is 16.4. The van der Waals surface area contributed by atoms with E-state index < -0.39 is 53.8 Å². The van der Waals surface area contributed by atoms with Gasteiger partial charge in [0, 0.05) is 34.5 Å². The Labute approximate surface area is 328 Å². The van der Waals surface area contributed by atoms with Crippen molar-refractivity contribution in [2.24, 2.45) is 23.2 Å².